The van der Waals surface area contributed by atoms with Crippen LogP contribution in [0.25, 0.3) is 0 Å². The highest BCUT2D eigenvalue weighted by Gasteiger charge is 2.48. The molecule has 2 fully saturated rings. The van der Waals surface area contributed by atoms with E-state index in [4.69, 9.17) is 29.2 Å². The van der Waals surface area contributed by atoms with Crippen LogP contribution in [-0.4, -0.2) is 74.3 Å². The van der Waals surface area contributed by atoms with Crippen LogP contribution in [0.2, 0.25) is 0 Å². The van der Waals surface area contributed by atoms with E-state index in [0.29, 0.717) is 26.4 Å². The van der Waals surface area contributed by atoms with Gasteiger partial charge in [-0.05, 0) is 0 Å². The van der Waals surface area contributed by atoms with Crippen molar-refractivity contribution in [3.05, 3.63) is 0 Å². The molecule has 2 rings (SSSR count). The van der Waals surface area contributed by atoms with Gasteiger partial charge < -0.3 is 29.2 Å². The molecule has 2 N–H and O–H groups in total. The Labute approximate surface area is 94.1 Å². The monoisotopic (exact) mass is 234 g/mol. The fourth-order valence-corrected chi connectivity index (χ4v) is 2.12. The van der Waals surface area contributed by atoms with Crippen molar-refractivity contribution in [3.63, 3.8) is 0 Å². The van der Waals surface area contributed by atoms with Crippen LogP contribution in [0.3, 0.4) is 0 Å². The number of ether oxygens (including phenoxy) is 4. The second-order valence-corrected chi connectivity index (χ2v) is 3.86. The van der Waals surface area contributed by atoms with E-state index in [-0.39, 0.29) is 37.6 Å². The molecular formula is C10H18O6. The summed E-state index contributed by atoms with van der Waals surface area (Å²) in [6.45, 7) is 1.52. The van der Waals surface area contributed by atoms with E-state index in [1.54, 1.807) is 0 Å². The molecule has 94 valence electrons. The third-order valence-electron chi connectivity index (χ3n) is 2.81. The van der Waals surface area contributed by atoms with Gasteiger partial charge in [0.25, 0.3) is 0 Å². The molecule has 6 heteroatoms. The minimum Gasteiger partial charge on any atom is -0.394 e. The molecular weight excluding hydrogens is 216 g/mol. The van der Waals surface area contributed by atoms with Crippen molar-refractivity contribution in [2.75, 3.05) is 39.6 Å². The van der Waals surface area contributed by atoms with Gasteiger partial charge in [0.1, 0.15) is 24.4 Å². The highest BCUT2D eigenvalue weighted by molar-refractivity contribution is 4.95. The Balaban J connectivity index is 1.80. The molecule has 0 spiro atoms. The van der Waals surface area contributed by atoms with Crippen molar-refractivity contribution in [1.82, 2.24) is 0 Å². The maximum absolute atomic E-state index is 8.68. The number of hydrogen-bond acceptors (Lipinski definition) is 6. The standard InChI is InChI=1S/C10H18O6/c11-1-3-13-7-5-15-10-8(14-4-2-12)6-16-9(7)10/h7-12H,1-6H2/t7-,8-,9-,10+/m1/s1. The van der Waals surface area contributed by atoms with Gasteiger partial charge in [-0.1, -0.05) is 0 Å². The SMILES string of the molecule is OCCO[C@@H]1CO[C@H]2[C@H]1OC[C@H]2OCCO. The minimum absolute atomic E-state index is 0.00166. The van der Waals surface area contributed by atoms with Crippen LogP contribution < -0.4 is 0 Å². The smallest absolute Gasteiger partial charge is 0.115 e. The molecule has 0 aromatic carbocycles. The zero-order valence-electron chi connectivity index (χ0n) is 9.08. The van der Waals surface area contributed by atoms with Crippen LogP contribution in [0.15, 0.2) is 0 Å². The summed E-state index contributed by atoms with van der Waals surface area (Å²) in [7, 11) is 0. The first-order valence-electron chi connectivity index (χ1n) is 5.55. The van der Waals surface area contributed by atoms with Gasteiger partial charge in [-0.3, -0.25) is 0 Å². The van der Waals surface area contributed by atoms with Gasteiger partial charge in [0.2, 0.25) is 0 Å². The second-order valence-electron chi connectivity index (χ2n) is 3.86. The van der Waals surface area contributed by atoms with E-state index in [1.165, 1.54) is 0 Å². The number of fused-ring (bicyclic) bond motifs is 1. The van der Waals surface area contributed by atoms with Crippen LogP contribution in [-0.2, 0) is 18.9 Å². The van der Waals surface area contributed by atoms with Crippen LogP contribution >= 0.6 is 0 Å². The van der Waals surface area contributed by atoms with Crippen LogP contribution in [0.4, 0.5) is 0 Å². The molecule has 0 amide bonds. The Morgan fingerprint density at radius 1 is 0.875 bits per heavy atom. The van der Waals surface area contributed by atoms with Gasteiger partial charge >= 0.3 is 0 Å². The topological polar surface area (TPSA) is 77.4 Å². The molecule has 0 bridgehead atoms. The molecule has 0 radical (unpaired) electrons. The molecule has 2 saturated heterocycles. The van der Waals surface area contributed by atoms with Gasteiger partial charge in [-0.15, -0.1) is 0 Å². The molecule has 2 aliphatic rings. The average Bonchev–Trinajstić information content (AvgIpc) is 2.86. The van der Waals surface area contributed by atoms with Gasteiger partial charge in [-0.2, -0.15) is 0 Å². The Kier molecular flexibility index (Phi) is 4.51. The van der Waals surface area contributed by atoms with Gasteiger partial charge in [-0.25, -0.2) is 0 Å². The lowest BCUT2D eigenvalue weighted by Gasteiger charge is -2.16. The summed E-state index contributed by atoms with van der Waals surface area (Å²) in [5.41, 5.74) is 0. The van der Waals surface area contributed by atoms with Gasteiger partial charge in [0.15, 0.2) is 0 Å². The van der Waals surface area contributed by atoms with Crippen molar-refractivity contribution in [3.8, 4) is 0 Å². The van der Waals surface area contributed by atoms with Crippen molar-refractivity contribution in [2.24, 2.45) is 0 Å². The summed E-state index contributed by atoms with van der Waals surface area (Å²) in [5.74, 6) is 0. The van der Waals surface area contributed by atoms with E-state index in [2.05, 4.69) is 0 Å². The first kappa shape index (κ1) is 12.2. The zero-order chi connectivity index (χ0) is 11.4. The largest absolute Gasteiger partial charge is 0.394 e. The third-order valence-corrected chi connectivity index (χ3v) is 2.81. The molecule has 0 aromatic heterocycles. The van der Waals surface area contributed by atoms with Crippen molar-refractivity contribution in [1.29, 1.82) is 0 Å². The minimum atomic E-state index is -0.125. The normalized spacial score (nSPS) is 37.9. The first-order valence-corrected chi connectivity index (χ1v) is 5.55. The number of hydrogen-bond donors (Lipinski definition) is 2. The summed E-state index contributed by atoms with van der Waals surface area (Å²) in [6.07, 6.45) is -0.481. The highest BCUT2D eigenvalue weighted by Crippen LogP contribution is 2.30. The molecule has 16 heavy (non-hydrogen) atoms. The molecule has 4 atom stereocenters. The zero-order valence-corrected chi connectivity index (χ0v) is 9.08. The second kappa shape index (κ2) is 5.90. The van der Waals surface area contributed by atoms with E-state index >= 15 is 0 Å². The van der Waals surface area contributed by atoms with Crippen LogP contribution in [0, 0.1) is 0 Å². The van der Waals surface area contributed by atoms with E-state index in [9.17, 15) is 0 Å². The summed E-state index contributed by atoms with van der Waals surface area (Å²) in [4.78, 5) is 0. The van der Waals surface area contributed by atoms with E-state index < -0.39 is 0 Å². The molecule has 0 aromatic rings. The molecule has 0 aliphatic carbocycles. The molecule has 0 unspecified atom stereocenters. The Morgan fingerprint density at radius 2 is 1.31 bits per heavy atom. The first-order chi connectivity index (χ1) is 7.86. The van der Waals surface area contributed by atoms with Crippen molar-refractivity contribution in [2.45, 2.75) is 24.4 Å². The number of aliphatic hydroxyl groups is 2. The maximum atomic E-state index is 8.68. The van der Waals surface area contributed by atoms with E-state index in [0.717, 1.165) is 0 Å². The molecule has 2 aliphatic heterocycles. The summed E-state index contributed by atoms with van der Waals surface area (Å²) >= 11 is 0. The average molecular weight is 234 g/mol. The predicted molar refractivity (Wildman–Crippen MR) is 53.1 cm³/mol. The summed E-state index contributed by atoms with van der Waals surface area (Å²) in [6, 6.07) is 0. The van der Waals surface area contributed by atoms with Crippen LogP contribution in [0.1, 0.15) is 0 Å². The lowest BCUT2D eigenvalue weighted by Crippen LogP contribution is -2.34. The fraction of sp³-hybridized carbons (Fsp3) is 1.00. The number of aliphatic hydroxyl groups excluding tert-OH is 2. The molecule has 0 saturated carbocycles. The number of rotatable bonds is 6. The van der Waals surface area contributed by atoms with Gasteiger partial charge in [0, 0.05) is 0 Å². The predicted octanol–water partition coefficient (Wildman–Crippen LogP) is -1.46. The summed E-state index contributed by atoms with van der Waals surface area (Å²) in [5, 5.41) is 17.4. The van der Waals surface area contributed by atoms with E-state index in [1.807, 2.05) is 0 Å². The Hall–Kier alpha value is -0.240. The Morgan fingerprint density at radius 3 is 1.69 bits per heavy atom. The van der Waals surface area contributed by atoms with Crippen molar-refractivity contribution >= 4 is 0 Å². The quantitative estimate of drug-likeness (QED) is 0.585. The van der Waals surface area contributed by atoms with Crippen molar-refractivity contribution < 1.29 is 29.2 Å². The fourth-order valence-electron chi connectivity index (χ4n) is 2.12. The van der Waals surface area contributed by atoms with Gasteiger partial charge in [0.05, 0.1) is 39.6 Å². The maximum Gasteiger partial charge on any atom is 0.115 e. The summed E-state index contributed by atoms with van der Waals surface area (Å²) < 4.78 is 21.9. The third kappa shape index (κ3) is 2.53. The Bertz CT molecular complexity index is 189. The molecule has 6 nitrogen and oxygen atoms in total. The molecule has 2 heterocycles. The lowest BCUT2D eigenvalue weighted by atomic mass is 10.1. The highest BCUT2D eigenvalue weighted by atomic mass is 16.6. The lowest BCUT2D eigenvalue weighted by molar-refractivity contribution is -0.0589. The van der Waals surface area contributed by atoms with Crippen LogP contribution in [0.5, 0.6) is 0 Å².